The molecule has 0 aromatic carbocycles. The number of aromatic nitrogens is 1. The maximum atomic E-state index is 5.68. The number of allylic oxidation sites excluding steroid dienone is 2. The zero-order valence-corrected chi connectivity index (χ0v) is 9.12. The first kappa shape index (κ1) is 10.8. The van der Waals surface area contributed by atoms with Gasteiger partial charge in [-0.1, -0.05) is 18.2 Å². The van der Waals surface area contributed by atoms with Crippen molar-refractivity contribution in [2.75, 3.05) is 14.1 Å². The van der Waals surface area contributed by atoms with Crippen molar-refractivity contribution in [3.63, 3.8) is 0 Å². The lowest BCUT2D eigenvalue weighted by molar-refractivity contribution is 0.564. The van der Waals surface area contributed by atoms with E-state index in [2.05, 4.69) is 11.6 Å². The van der Waals surface area contributed by atoms with Gasteiger partial charge in [0.05, 0.1) is 0 Å². The van der Waals surface area contributed by atoms with Crippen molar-refractivity contribution >= 4 is 17.2 Å². The Balaban J connectivity index is 2.75. The van der Waals surface area contributed by atoms with Crippen LogP contribution in [0.25, 0.3) is 5.57 Å². The van der Waals surface area contributed by atoms with Crippen LogP contribution in [0.2, 0.25) is 5.15 Å². The predicted octanol–water partition coefficient (Wildman–Crippen LogP) is 2.82. The summed E-state index contributed by atoms with van der Waals surface area (Å²) in [5.74, 6) is 0. The summed E-state index contributed by atoms with van der Waals surface area (Å²) in [6.45, 7) is 3.93. The summed E-state index contributed by atoms with van der Waals surface area (Å²) in [7, 11) is 3.92. The van der Waals surface area contributed by atoms with Crippen LogP contribution < -0.4 is 0 Å². The summed E-state index contributed by atoms with van der Waals surface area (Å²) in [5.41, 5.74) is 1.90. The van der Waals surface area contributed by atoms with E-state index in [0.29, 0.717) is 5.15 Å². The van der Waals surface area contributed by atoms with E-state index < -0.39 is 0 Å². The molecule has 0 unspecified atom stereocenters. The van der Waals surface area contributed by atoms with Crippen molar-refractivity contribution in [2.45, 2.75) is 0 Å². The van der Waals surface area contributed by atoms with Gasteiger partial charge in [-0.05, 0) is 35.5 Å². The van der Waals surface area contributed by atoms with Gasteiger partial charge < -0.3 is 4.90 Å². The van der Waals surface area contributed by atoms with Crippen LogP contribution in [-0.4, -0.2) is 24.0 Å². The fraction of sp³-hybridized carbons (Fsp3) is 0.182. The van der Waals surface area contributed by atoms with Gasteiger partial charge >= 0.3 is 0 Å². The number of halogens is 1. The van der Waals surface area contributed by atoms with E-state index in [1.54, 1.807) is 12.3 Å². The van der Waals surface area contributed by atoms with Crippen molar-refractivity contribution in [1.29, 1.82) is 0 Å². The third kappa shape index (κ3) is 3.23. The van der Waals surface area contributed by atoms with Gasteiger partial charge in [0.1, 0.15) is 5.15 Å². The minimum absolute atomic E-state index is 0.498. The van der Waals surface area contributed by atoms with Gasteiger partial charge in [0, 0.05) is 20.3 Å². The maximum absolute atomic E-state index is 5.68. The molecule has 0 atom stereocenters. The molecule has 0 saturated carbocycles. The molecule has 2 nitrogen and oxygen atoms in total. The van der Waals surface area contributed by atoms with Crippen LogP contribution in [0.15, 0.2) is 37.2 Å². The molecule has 0 bridgehead atoms. The number of hydrogen-bond donors (Lipinski definition) is 0. The van der Waals surface area contributed by atoms with E-state index in [4.69, 9.17) is 11.6 Å². The molecule has 1 heterocycles. The Morgan fingerprint density at radius 3 is 2.71 bits per heavy atom. The molecule has 0 aliphatic carbocycles. The normalized spacial score (nSPS) is 10.5. The highest BCUT2D eigenvalue weighted by molar-refractivity contribution is 6.29. The zero-order chi connectivity index (χ0) is 10.6. The fourth-order valence-corrected chi connectivity index (χ4v) is 1.01. The van der Waals surface area contributed by atoms with Crippen molar-refractivity contribution in [1.82, 2.24) is 9.88 Å². The first-order valence-electron chi connectivity index (χ1n) is 4.25. The summed E-state index contributed by atoms with van der Waals surface area (Å²) in [6.07, 6.45) is 5.59. The largest absolute Gasteiger partial charge is 0.383 e. The highest BCUT2D eigenvalue weighted by atomic mass is 35.5. The van der Waals surface area contributed by atoms with Crippen molar-refractivity contribution in [2.24, 2.45) is 0 Å². The summed E-state index contributed by atoms with van der Waals surface area (Å²) in [5, 5.41) is 0.498. The lowest BCUT2D eigenvalue weighted by Gasteiger charge is -2.04. The van der Waals surface area contributed by atoms with Crippen LogP contribution in [0.3, 0.4) is 0 Å². The van der Waals surface area contributed by atoms with E-state index in [1.165, 1.54) is 0 Å². The molecule has 0 radical (unpaired) electrons. The molecule has 0 aliphatic rings. The van der Waals surface area contributed by atoms with Crippen LogP contribution in [0.5, 0.6) is 0 Å². The molecule has 0 saturated heterocycles. The van der Waals surface area contributed by atoms with Gasteiger partial charge in [0.15, 0.2) is 0 Å². The molecule has 0 N–H and O–H groups in total. The summed E-state index contributed by atoms with van der Waals surface area (Å²) >= 11 is 5.68. The first-order chi connectivity index (χ1) is 6.59. The van der Waals surface area contributed by atoms with Crippen LogP contribution in [-0.2, 0) is 0 Å². The number of hydrogen-bond acceptors (Lipinski definition) is 2. The quantitative estimate of drug-likeness (QED) is 0.561. The standard InChI is InChI=1S/C11H13ClN2/c1-9(6-7-14(2)3)10-4-5-11(12)13-8-10/h4-8H,1H2,2-3H3/b7-6+. The molecule has 1 rings (SSSR count). The Bertz CT molecular complexity index is 339. The molecule has 3 heteroatoms. The summed E-state index contributed by atoms with van der Waals surface area (Å²) < 4.78 is 0. The Labute approximate surface area is 89.5 Å². The molecule has 0 fully saturated rings. The van der Waals surface area contributed by atoms with Gasteiger partial charge in [-0.2, -0.15) is 0 Å². The smallest absolute Gasteiger partial charge is 0.129 e. The third-order valence-corrected chi connectivity index (χ3v) is 1.90. The minimum atomic E-state index is 0.498. The van der Waals surface area contributed by atoms with Gasteiger partial charge in [-0.3, -0.25) is 0 Å². The molecule has 0 aliphatic heterocycles. The molecular weight excluding hydrogens is 196 g/mol. The Kier molecular flexibility index (Phi) is 3.72. The predicted molar refractivity (Wildman–Crippen MR) is 61.1 cm³/mol. The Morgan fingerprint density at radius 1 is 1.50 bits per heavy atom. The Hall–Kier alpha value is -1.28. The molecule has 0 amide bonds. The molecule has 1 aromatic rings. The van der Waals surface area contributed by atoms with Crippen molar-refractivity contribution < 1.29 is 0 Å². The number of rotatable bonds is 3. The van der Waals surface area contributed by atoms with Crippen molar-refractivity contribution in [3.8, 4) is 0 Å². The van der Waals surface area contributed by atoms with Gasteiger partial charge in [-0.25, -0.2) is 4.98 Å². The van der Waals surface area contributed by atoms with E-state index in [-0.39, 0.29) is 0 Å². The SMILES string of the molecule is C=C(/C=C/N(C)C)c1ccc(Cl)nc1. The van der Waals surface area contributed by atoms with E-state index in [0.717, 1.165) is 11.1 Å². The maximum Gasteiger partial charge on any atom is 0.129 e. The molecule has 74 valence electrons. The minimum Gasteiger partial charge on any atom is -0.383 e. The van der Waals surface area contributed by atoms with Crippen LogP contribution in [0.4, 0.5) is 0 Å². The highest BCUT2D eigenvalue weighted by Gasteiger charge is 1.95. The highest BCUT2D eigenvalue weighted by Crippen LogP contribution is 2.14. The lowest BCUT2D eigenvalue weighted by atomic mass is 10.1. The number of pyridine rings is 1. The summed E-state index contributed by atoms with van der Waals surface area (Å²) in [4.78, 5) is 5.94. The Morgan fingerprint density at radius 2 is 2.21 bits per heavy atom. The van der Waals surface area contributed by atoms with Crippen LogP contribution in [0, 0.1) is 0 Å². The topological polar surface area (TPSA) is 16.1 Å². The molecule has 0 spiro atoms. The average molecular weight is 209 g/mol. The number of nitrogens with zero attached hydrogens (tertiary/aromatic N) is 2. The average Bonchev–Trinajstić information content (AvgIpc) is 2.15. The van der Waals surface area contributed by atoms with Gasteiger partial charge in [0.2, 0.25) is 0 Å². The van der Waals surface area contributed by atoms with Crippen molar-refractivity contribution in [3.05, 3.63) is 47.9 Å². The second kappa shape index (κ2) is 4.82. The molecule has 1 aromatic heterocycles. The van der Waals surface area contributed by atoms with E-state index >= 15 is 0 Å². The van der Waals surface area contributed by atoms with E-state index in [1.807, 2.05) is 37.3 Å². The van der Waals surface area contributed by atoms with Gasteiger partial charge in [0.25, 0.3) is 0 Å². The molecule has 14 heavy (non-hydrogen) atoms. The monoisotopic (exact) mass is 208 g/mol. The second-order valence-corrected chi connectivity index (χ2v) is 3.56. The fourth-order valence-electron chi connectivity index (χ4n) is 0.901. The first-order valence-corrected chi connectivity index (χ1v) is 4.63. The molecular formula is C11H13ClN2. The summed E-state index contributed by atoms with van der Waals surface area (Å²) in [6, 6.07) is 3.66. The van der Waals surface area contributed by atoms with Gasteiger partial charge in [-0.15, -0.1) is 0 Å². The van der Waals surface area contributed by atoms with E-state index in [9.17, 15) is 0 Å². The van der Waals surface area contributed by atoms with Crippen LogP contribution in [0.1, 0.15) is 5.56 Å². The van der Waals surface area contributed by atoms with Crippen LogP contribution >= 0.6 is 11.6 Å². The third-order valence-electron chi connectivity index (χ3n) is 1.67. The zero-order valence-electron chi connectivity index (χ0n) is 8.37. The second-order valence-electron chi connectivity index (χ2n) is 3.17. The lowest BCUT2D eigenvalue weighted by Crippen LogP contribution is -1.99.